The second-order valence-electron chi connectivity index (χ2n) is 4.01. The molecule has 0 aliphatic heterocycles. The Labute approximate surface area is 99.9 Å². The van der Waals surface area contributed by atoms with E-state index >= 15 is 0 Å². The third-order valence-electron chi connectivity index (χ3n) is 2.56. The summed E-state index contributed by atoms with van der Waals surface area (Å²) in [6.45, 7) is 0.551. The molecule has 2 rings (SSSR count). The second kappa shape index (κ2) is 4.87. The standard InChI is InChI=1S/C14H14FNO/c1-16(13-5-3-2-4-6-13)10-11-7-12(15)9-14(17)8-11/h2-9,17H,10H2,1H3. The minimum Gasteiger partial charge on any atom is -0.508 e. The van der Waals surface area contributed by atoms with Crippen LogP contribution in [0.15, 0.2) is 48.5 Å². The Balaban J connectivity index is 2.16. The van der Waals surface area contributed by atoms with E-state index in [1.165, 1.54) is 6.07 Å². The van der Waals surface area contributed by atoms with E-state index in [4.69, 9.17) is 0 Å². The van der Waals surface area contributed by atoms with E-state index in [-0.39, 0.29) is 5.75 Å². The summed E-state index contributed by atoms with van der Waals surface area (Å²) in [6.07, 6.45) is 0. The number of aromatic hydroxyl groups is 1. The van der Waals surface area contributed by atoms with E-state index in [2.05, 4.69) is 0 Å². The Morgan fingerprint density at radius 3 is 2.47 bits per heavy atom. The maximum absolute atomic E-state index is 13.1. The van der Waals surface area contributed by atoms with Crippen LogP contribution < -0.4 is 4.90 Å². The molecule has 0 unspecified atom stereocenters. The SMILES string of the molecule is CN(Cc1cc(O)cc(F)c1)c1ccccc1. The molecule has 0 bridgehead atoms. The number of rotatable bonds is 3. The average Bonchev–Trinajstić information content (AvgIpc) is 2.28. The molecule has 2 nitrogen and oxygen atoms in total. The molecule has 88 valence electrons. The molecule has 0 radical (unpaired) electrons. The van der Waals surface area contributed by atoms with Crippen molar-refractivity contribution in [3.8, 4) is 5.75 Å². The molecule has 0 saturated carbocycles. The molecule has 2 aromatic carbocycles. The largest absolute Gasteiger partial charge is 0.508 e. The maximum atomic E-state index is 13.1. The van der Waals surface area contributed by atoms with Gasteiger partial charge in [0.25, 0.3) is 0 Å². The van der Waals surface area contributed by atoms with Gasteiger partial charge in [0.15, 0.2) is 0 Å². The summed E-state index contributed by atoms with van der Waals surface area (Å²) in [5.41, 5.74) is 1.80. The normalized spacial score (nSPS) is 10.2. The molecule has 0 aromatic heterocycles. The molecular weight excluding hydrogens is 217 g/mol. The fourth-order valence-corrected chi connectivity index (χ4v) is 1.77. The number of hydrogen-bond acceptors (Lipinski definition) is 2. The number of phenolic OH excluding ortho intramolecular Hbond substituents is 1. The van der Waals surface area contributed by atoms with Crippen molar-refractivity contribution in [3.05, 3.63) is 59.9 Å². The first-order chi connectivity index (χ1) is 8.15. The summed E-state index contributed by atoms with van der Waals surface area (Å²) in [5, 5.41) is 9.32. The van der Waals surface area contributed by atoms with Crippen molar-refractivity contribution in [2.24, 2.45) is 0 Å². The first-order valence-corrected chi connectivity index (χ1v) is 5.40. The molecule has 0 aliphatic rings. The highest BCUT2D eigenvalue weighted by atomic mass is 19.1. The van der Waals surface area contributed by atoms with Crippen LogP contribution in [0.5, 0.6) is 5.75 Å². The average molecular weight is 231 g/mol. The van der Waals surface area contributed by atoms with Gasteiger partial charge in [-0.2, -0.15) is 0 Å². The van der Waals surface area contributed by atoms with Crippen LogP contribution in [0.1, 0.15) is 5.56 Å². The van der Waals surface area contributed by atoms with Gasteiger partial charge < -0.3 is 10.0 Å². The van der Waals surface area contributed by atoms with Crippen LogP contribution >= 0.6 is 0 Å². The van der Waals surface area contributed by atoms with Crippen LogP contribution in [0.3, 0.4) is 0 Å². The van der Waals surface area contributed by atoms with Gasteiger partial charge in [0.2, 0.25) is 0 Å². The highest BCUT2D eigenvalue weighted by Gasteiger charge is 2.04. The third-order valence-corrected chi connectivity index (χ3v) is 2.56. The van der Waals surface area contributed by atoms with Crippen LogP contribution in [-0.4, -0.2) is 12.2 Å². The smallest absolute Gasteiger partial charge is 0.127 e. The zero-order chi connectivity index (χ0) is 12.3. The van der Waals surface area contributed by atoms with Gasteiger partial charge in [-0.05, 0) is 29.8 Å². The van der Waals surface area contributed by atoms with Crippen LogP contribution in [0, 0.1) is 5.82 Å². The number of hydrogen-bond donors (Lipinski definition) is 1. The van der Waals surface area contributed by atoms with E-state index in [1.54, 1.807) is 6.07 Å². The number of anilines is 1. The first kappa shape index (κ1) is 11.5. The first-order valence-electron chi connectivity index (χ1n) is 5.40. The Bertz CT molecular complexity index is 479. The van der Waals surface area contributed by atoms with Crippen molar-refractivity contribution in [1.29, 1.82) is 0 Å². The van der Waals surface area contributed by atoms with Crippen molar-refractivity contribution in [2.45, 2.75) is 6.54 Å². The predicted octanol–water partition coefficient (Wildman–Crippen LogP) is 3.17. The lowest BCUT2D eigenvalue weighted by Gasteiger charge is -2.19. The zero-order valence-corrected chi connectivity index (χ0v) is 9.60. The Kier molecular flexibility index (Phi) is 3.28. The Hall–Kier alpha value is -2.03. The molecule has 17 heavy (non-hydrogen) atoms. The van der Waals surface area contributed by atoms with Crippen LogP contribution in [0.4, 0.5) is 10.1 Å². The number of nitrogens with zero attached hydrogens (tertiary/aromatic N) is 1. The summed E-state index contributed by atoms with van der Waals surface area (Å²) >= 11 is 0. The van der Waals surface area contributed by atoms with Gasteiger partial charge in [0.1, 0.15) is 11.6 Å². The topological polar surface area (TPSA) is 23.5 Å². The van der Waals surface area contributed by atoms with Gasteiger partial charge in [-0.15, -0.1) is 0 Å². The number of halogens is 1. The lowest BCUT2D eigenvalue weighted by atomic mass is 10.2. The fraction of sp³-hybridized carbons (Fsp3) is 0.143. The highest BCUT2D eigenvalue weighted by Crippen LogP contribution is 2.19. The molecular formula is C14H14FNO. The molecule has 0 fully saturated rings. The Morgan fingerprint density at radius 2 is 1.82 bits per heavy atom. The number of para-hydroxylation sites is 1. The molecule has 0 amide bonds. The number of benzene rings is 2. The third kappa shape index (κ3) is 2.97. The molecule has 0 atom stereocenters. The summed E-state index contributed by atoms with van der Waals surface area (Å²) in [7, 11) is 1.93. The minimum absolute atomic E-state index is 0.0403. The van der Waals surface area contributed by atoms with E-state index in [0.717, 1.165) is 17.3 Å². The van der Waals surface area contributed by atoms with Gasteiger partial charge in [-0.1, -0.05) is 18.2 Å². The van der Waals surface area contributed by atoms with Crippen LogP contribution in [0.2, 0.25) is 0 Å². The van der Waals surface area contributed by atoms with Gasteiger partial charge >= 0.3 is 0 Å². The van der Waals surface area contributed by atoms with Crippen molar-refractivity contribution >= 4 is 5.69 Å². The molecule has 0 spiro atoms. The molecule has 0 saturated heterocycles. The molecule has 1 N–H and O–H groups in total. The lowest BCUT2D eigenvalue weighted by molar-refractivity contribution is 0.468. The molecule has 0 aliphatic carbocycles. The van der Waals surface area contributed by atoms with Gasteiger partial charge in [0, 0.05) is 25.3 Å². The molecule has 2 aromatic rings. The van der Waals surface area contributed by atoms with E-state index in [9.17, 15) is 9.50 Å². The maximum Gasteiger partial charge on any atom is 0.127 e. The minimum atomic E-state index is -0.415. The summed E-state index contributed by atoms with van der Waals surface area (Å²) < 4.78 is 13.1. The highest BCUT2D eigenvalue weighted by molar-refractivity contribution is 5.46. The fourth-order valence-electron chi connectivity index (χ4n) is 1.77. The van der Waals surface area contributed by atoms with E-state index in [1.807, 2.05) is 42.3 Å². The van der Waals surface area contributed by atoms with Gasteiger partial charge in [0.05, 0.1) is 0 Å². The second-order valence-corrected chi connectivity index (χ2v) is 4.01. The van der Waals surface area contributed by atoms with Crippen LogP contribution in [-0.2, 0) is 6.54 Å². The summed E-state index contributed by atoms with van der Waals surface area (Å²) in [6, 6.07) is 13.9. The van der Waals surface area contributed by atoms with Gasteiger partial charge in [-0.3, -0.25) is 0 Å². The van der Waals surface area contributed by atoms with Crippen molar-refractivity contribution in [1.82, 2.24) is 0 Å². The van der Waals surface area contributed by atoms with Crippen molar-refractivity contribution < 1.29 is 9.50 Å². The summed E-state index contributed by atoms with van der Waals surface area (Å²) in [5.74, 6) is -0.456. The Morgan fingerprint density at radius 1 is 1.12 bits per heavy atom. The van der Waals surface area contributed by atoms with Gasteiger partial charge in [-0.25, -0.2) is 4.39 Å². The lowest BCUT2D eigenvalue weighted by Crippen LogP contribution is -2.16. The van der Waals surface area contributed by atoms with E-state index in [0.29, 0.717) is 6.54 Å². The quantitative estimate of drug-likeness (QED) is 0.877. The predicted molar refractivity (Wildman–Crippen MR) is 66.6 cm³/mol. The van der Waals surface area contributed by atoms with Crippen molar-refractivity contribution in [3.63, 3.8) is 0 Å². The molecule has 0 heterocycles. The molecule has 3 heteroatoms. The summed E-state index contributed by atoms with van der Waals surface area (Å²) in [4.78, 5) is 1.99. The van der Waals surface area contributed by atoms with Crippen molar-refractivity contribution in [2.75, 3.05) is 11.9 Å². The number of phenols is 1. The van der Waals surface area contributed by atoms with Crippen LogP contribution in [0.25, 0.3) is 0 Å². The monoisotopic (exact) mass is 231 g/mol. The zero-order valence-electron chi connectivity index (χ0n) is 9.60. The van der Waals surface area contributed by atoms with E-state index < -0.39 is 5.82 Å².